The van der Waals surface area contributed by atoms with Crippen molar-refractivity contribution in [1.29, 1.82) is 0 Å². The second kappa shape index (κ2) is 9.33. The van der Waals surface area contributed by atoms with Gasteiger partial charge in [0.1, 0.15) is 0 Å². The van der Waals surface area contributed by atoms with Crippen molar-refractivity contribution in [2.24, 2.45) is 5.92 Å². The minimum Gasteiger partial charge on any atom is -0.348 e. The molecule has 3 unspecified atom stereocenters. The summed E-state index contributed by atoms with van der Waals surface area (Å²) in [5.74, 6) is -0.0113. The molecule has 182 valence electrons. The topological polar surface area (TPSA) is 85.5 Å². The molecule has 0 bridgehead atoms. The fourth-order valence-electron chi connectivity index (χ4n) is 5.87. The molecule has 2 aromatic rings. The summed E-state index contributed by atoms with van der Waals surface area (Å²) in [5.41, 5.74) is 5.15. The molecule has 4 heterocycles. The van der Waals surface area contributed by atoms with Crippen LogP contribution in [0.15, 0.2) is 59.1 Å². The van der Waals surface area contributed by atoms with Gasteiger partial charge >= 0.3 is 6.03 Å². The highest BCUT2D eigenvalue weighted by Gasteiger charge is 2.51. The summed E-state index contributed by atoms with van der Waals surface area (Å²) in [6.45, 7) is 4.72. The lowest BCUT2D eigenvalue weighted by Crippen LogP contribution is -2.62. The van der Waals surface area contributed by atoms with Gasteiger partial charge in [0, 0.05) is 29.9 Å². The summed E-state index contributed by atoms with van der Waals surface area (Å²) in [6, 6.07) is 16.5. The number of nitrogens with zero attached hydrogens (tertiary/aromatic N) is 1. The predicted molar refractivity (Wildman–Crippen MR) is 140 cm³/mol. The number of nitrogens with one attached hydrogen (secondary N) is 4. The number of piperidine rings is 2. The minimum atomic E-state index is -0.157. The quantitative estimate of drug-likeness (QED) is 0.530. The van der Waals surface area contributed by atoms with Crippen molar-refractivity contribution in [3.05, 3.63) is 64.7 Å². The van der Waals surface area contributed by atoms with Crippen LogP contribution in [0.5, 0.6) is 0 Å². The zero-order valence-corrected chi connectivity index (χ0v) is 20.7. The predicted octanol–water partition coefficient (Wildman–Crippen LogP) is 3.32. The molecule has 3 amide bonds. The van der Waals surface area contributed by atoms with Crippen LogP contribution in [0.4, 0.5) is 10.5 Å². The Morgan fingerprint density at radius 2 is 2.00 bits per heavy atom. The number of carbonyl (C=O) groups is 2. The Morgan fingerprint density at radius 3 is 2.83 bits per heavy atom. The van der Waals surface area contributed by atoms with Crippen LogP contribution in [-0.2, 0) is 4.79 Å². The van der Waals surface area contributed by atoms with E-state index in [0.29, 0.717) is 4.91 Å². The number of rotatable bonds is 4. The van der Waals surface area contributed by atoms with Crippen LogP contribution in [-0.4, -0.2) is 49.0 Å². The van der Waals surface area contributed by atoms with Crippen LogP contribution >= 0.6 is 11.8 Å². The molecular weight excluding hydrogens is 458 g/mol. The average molecular weight is 490 g/mol. The highest BCUT2D eigenvalue weighted by molar-refractivity contribution is 8.04. The second-order valence-corrected chi connectivity index (χ2v) is 11.0. The van der Waals surface area contributed by atoms with Crippen LogP contribution in [0.3, 0.4) is 0 Å². The molecule has 4 aliphatic rings. The lowest BCUT2D eigenvalue weighted by atomic mass is 9.86. The van der Waals surface area contributed by atoms with E-state index >= 15 is 0 Å². The van der Waals surface area contributed by atoms with Gasteiger partial charge in [0.25, 0.3) is 5.91 Å². The fraction of sp³-hybridized carbons (Fsp3) is 0.407. The third-order valence-corrected chi connectivity index (χ3v) is 8.91. The molecular formula is C27H31N5O2S. The first-order chi connectivity index (χ1) is 17.1. The molecule has 8 heteroatoms. The van der Waals surface area contributed by atoms with Gasteiger partial charge in [-0.15, -0.1) is 0 Å². The highest BCUT2D eigenvalue weighted by atomic mass is 32.2. The first-order valence-corrected chi connectivity index (χ1v) is 13.4. The van der Waals surface area contributed by atoms with Crippen molar-refractivity contribution >= 4 is 29.4 Å². The molecule has 3 saturated heterocycles. The van der Waals surface area contributed by atoms with Gasteiger partial charge in [-0.3, -0.25) is 9.69 Å². The molecule has 2 aromatic carbocycles. The highest BCUT2D eigenvalue weighted by Crippen LogP contribution is 2.48. The molecule has 4 aliphatic heterocycles. The molecule has 0 saturated carbocycles. The van der Waals surface area contributed by atoms with E-state index in [1.165, 1.54) is 11.1 Å². The molecule has 4 atom stereocenters. The largest absolute Gasteiger partial charge is 0.348 e. The molecule has 4 N–H and O–H groups in total. The van der Waals surface area contributed by atoms with Gasteiger partial charge in [0.2, 0.25) is 0 Å². The second-order valence-electron chi connectivity index (χ2n) is 9.80. The molecule has 3 fully saturated rings. The van der Waals surface area contributed by atoms with Crippen molar-refractivity contribution in [2.75, 3.05) is 24.5 Å². The zero-order chi connectivity index (χ0) is 23.9. The van der Waals surface area contributed by atoms with Crippen LogP contribution in [0.1, 0.15) is 24.8 Å². The van der Waals surface area contributed by atoms with Crippen LogP contribution in [0, 0.1) is 12.8 Å². The van der Waals surface area contributed by atoms with Crippen LogP contribution < -0.4 is 26.2 Å². The van der Waals surface area contributed by atoms with Gasteiger partial charge in [0.15, 0.2) is 0 Å². The number of anilines is 1. The van der Waals surface area contributed by atoms with Gasteiger partial charge in [0.05, 0.1) is 16.3 Å². The SMILES string of the molecule is Cc1ccccc1-c1cccc(N2C(=O)NC3=C(C(=O)N[C@@H]4CCCNC4)SC4NCCC2C34)c1. The summed E-state index contributed by atoms with van der Waals surface area (Å²) in [7, 11) is 0. The van der Waals surface area contributed by atoms with Crippen molar-refractivity contribution in [1.82, 2.24) is 21.3 Å². The number of amides is 3. The van der Waals surface area contributed by atoms with Crippen LogP contribution in [0.2, 0.25) is 0 Å². The Kier molecular flexibility index (Phi) is 6.04. The van der Waals surface area contributed by atoms with E-state index in [2.05, 4.69) is 52.5 Å². The lowest BCUT2D eigenvalue weighted by Gasteiger charge is -2.45. The number of urea groups is 1. The fourth-order valence-corrected chi connectivity index (χ4v) is 7.27. The van der Waals surface area contributed by atoms with E-state index in [-0.39, 0.29) is 35.3 Å². The lowest BCUT2D eigenvalue weighted by molar-refractivity contribution is -0.117. The number of thioether (sulfide) groups is 1. The normalized spacial score (nSPS) is 27.9. The van der Waals surface area contributed by atoms with E-state index < -0.39 is 0 Å². The summed E-state index contributed by atoms with van der Waals surface area (Å²) in [4.78, 5) is 29.3. The maximum Gasteiger partial charge on any atom is 0.326 e. The summed E-state index contributed by atoms with van der Waals surface area (Å²) >= 11 is 1.56. The van der Waals surface area contributed by atoms with Gasteiger partial charge in [-0.05, 0) is 68.1 Å². The smallest absolute Gasteiger partial charge is 0.326 e. The number of hydrogen-bond acceptors (Lipinski definition) is 5. The zero-order valence-electron chi connectivity index (χ0n) is 19.8. The molecule has 0 aromatic heterocycles. The van der Waals surface area contributed by atoms with Crippen LogP contribution in [0.25, 0.3) is 11.1 Å². The number of aryl methyl sites for hydroxylation is 1. The summed E-state index contributed by atoms with van der Waals surface area (Å²) in [5, 5.41) is 13.3. The van der Waals surface area contributed by atoms with Crippen molar-refractivity contribution < 1.29 is 9.59 Å². The summed E-state index contributed by atoms with van der Waals surface area (Å²) in [6.07, 6.45) is 2.89. The molecule has 0 aliphatic carbocycles. The van der Waals surface area contributed by atoms with Gasteiger partial charge < -0.3 is 21.3 Å². The monoisotopic (exact) mass is 489 g/mol. The van der Waals surface area contributed by atoms with E-state index in [9.17, 15) is 9.59 Å². The molecule has 7 nitrogen and oxygen atoms in total. The Morgan fingerprint density at radius 1 is 1.11 bits per heavy atom. The van der Waals surface area contributed by atoms with Gasteiger partial charge in [-0.1, -0.05) is 48.2 Å². The minimum absolute atomic E-state index is 0.00580. The summed E-state index contributed by atoms with van der Waals surface area (Å²) < 4.78 is 0. The standard InChI is InChI=1S/C27H31N5O2S/c1-16-6-2-3-10-20(16)17-7-4-9-19(14-17)32-21-11-13-29-26-22(21)23(31-27(32)34)24(35-26)25(33)30-18-8-5-12-28-15-18/h2-4,6-7,9-10,14,18,21-22,26,28-29H,5,8,11-13,15H2,1H3,(H,30,33)(H,31,34)/t18-,21?,22?,26?/m1/s1. The van der Waals surface area contributed by atoms with E-state index in [0.717, 1.165) is 55.8 Å². The molecule has 0 spiro atoms. The maximum absolute atomic E-state index is 13.5. The number of carbonyl (C=O) groups excluding carboxylic acids is 2. The van der Waals surface area contributed by atoms with E-state index in [1.54, 1.807) is 11.8 Å². The van der Waals surface area contributed by atoms with Crippen molar-refractivity contribution in [2.45, 2.75) is 43.6 Å². The third kappa shape index (κ3) is 4.13. The maximum atomic E-state index is 13.5. The Bertz CT molecular complexity index is 1190. The Hall–Kier alpha value is -2.81. The molecule has 6 rings (SSSR count). The Labute approximate surface area is 210 Å². The molecule has 0 radical (unpaired) electrons. The van der Waals surface area contributed by atoms with E-state index in [4.69, 9.17) is 0 Å². The Balaban J connectivity index is 1.30. The molecule has 35 heavy (non-hydrogen) atoms. The van der Waals surface area contributed by atoms with Gasteiger partial charge in [-0.25, -0.2) is 4.79 Å². The van der Waals surface area contributed by atoms with Crippen molar-refractivity contribution in [3.63, 3.8) is 0 Å². The van der Waals surface area contributed by atoms with Gasteiger partial charge in [-0.2, -0.15) is 0 Å². The number of hydrogen-bond donors (Lipinski definition) is 4. The average Bonchev–Trinajstić information content (AvgIpc) is 3.25. The first-order valence-electron chi connectivity index (χ1n) is 12.5. The first kappa shape index (κ1) is 22.6. The third-order valence-electron chi connectivity index (χ3n) is 7.56. The van der Waals surface area contributed by atoms with Crippen molar-refractivity contribution in [3.8, 4) is 11.1 Å². The number of benzene rings is 2. The van der Waals surface area contributed by atoms with E-state index in [1.807, 2.05) is 29.2 Å².